The molecule has 0 unspecified atom stereocenters. The van der Waals surface area contributed by atoms with Crippen LogP contribution in [0.1, 0.15) is 40.0 Å². The third kappa shape index (κ3) is 3.30. The topological polar surface area (TPSA) is 70.2 Å². The molecule has 130 valence electrons. The average molecular weight is 360 g/mol. The molecular formula is C18H18ClN3O3. The summed E-state index contributed by atoms with van der Waals surface area (Å²) in [5, 5.41) is 8.73. The molecule has 3 rings (SSSR count). The molecule has 0 aliphatic heterocycles. The Hall–Kier alpha value is -2.60. The van der Waals surface area contributed by atoms with Gasteiger partial charge in [-0.15, -0.1) is 0 Å². The molecule has 0 saturated carbocycles. The summed E-state index contributed by atoms with van der Waals surface area (Å²) in [5.74, 6) is -0.0248. The van der Waals surface area contributed by atoms with E-state index in [4.69, 9.17) is 20.9 Å². The molecule has 0 aliphatic rings. The van der Waals surface area contributed by atoms with E-state index < -0.39 is 5.97 Å². The number of carbonyl (C=O) groups is 1. The number of ether oxygens (including phenoxy) is 1. The monoisotopic (exact) mass is 359 g/mol. The van der Waals surface area contributed by atoms with Crippen LogP contribution in [0.3, 0.4) is 0 Å². The largest absolute Gasteiger partial charge is 0.457 e. The molecule has 3 aromatic rings. The molecule has 0 atom stereocenters. The van der Waals surface area contributed by atoms with E-state index in [1.807, 2.05) is 44.2 Å². The molecule has 0 spiro atoms. The van der Waals surface area contributed by atoms with Crippen molar-refractivity contribution in [2.75, 3.05) is 0 Å². The maximum Gasteiger partial charge on any atom is 0.344 e. The predicted octanol–water partition coefficient (Wildman–Crippen LogP) is 4.05. The van der Waals surface area contributed by atoms with Crippen molar-refractivity contribution in [3.8, 4) is 5.69 Å². The minimum Gasteiger partial charge on any atom is -0.457 e. The van der Waals surface area contributed by atoms with Crippen LogP contribution in [0.2, 0.25) is 5.15 Å². The lowest BCUT2D eigenvalue weighted by atomic mass is 10.1. The fourth-order valence-electron chi connectivity index (χ4n) is 2.57. The summed E-state index contributed by atoms with van der Waals surface area (Å²) >= 11 is 6.44. The Kier molecular flexibility index (Phi) is 4.90. The van der Waals surface area contributed by atoms with Gasteiger partial charge in [0.05, 0.1) is 17.1 Å². The highest BCUT2D eigenvalue weighted by Gasteiger charge is 2.22. The smallest absolute Gasteiger partial charge is 0.344 e. The van der Waals surface area contributed by atoms with Crippen LogP contribution in [-0.2, 0) is 17.8 Å². The molecule has 1 aromatic carbocycles. The van der Waals surface area contributed by atoms with E-state index >= 15 is 0 Å². The quantitative estimate of drug-likeness (QED) is 0.643. The second-order valence-electron chi connectivity index (χ2n) is 5.59. The molecule has 0 N–H and O–H groups in total. The van der Waals surface area contributed by atoms with Gasteiger partial charge in [0.2, 0.25) is 0 Å². The van der Waals surface area contributed by atoms with Crippen molar-refractivity contribution in [1.82, 2.24) is 14.9 Å². The Morgan fingerprint density at radius 2 is 2.00 bits per heavy atom. The molecule has 0 radical (unpaired) electrons. The molecule has 25 heavy (non-hydrogen) atoms. The number of carbonyl (C=O) groups excluding carboxylic acids is 1. The summed E-state index contributed by atoms with van der Waals surface area (Å²) in [6, 6.07) is 9.54. The predicted molar refractivity (Wildman–Crippen MR) is 93.0 cm³/mol. The summed E-state index contributed by atoms with van der Waals surface area (Å²) in [4.78, 5) is 12.4. The normalized spacial score (nSPS) is 10.9. The zero-order chi connectivity index (χ0) is 18.0. The molecule has 2 aromatic heterocycles. The first-order chi connectivity index (χ1) is 12.0. The van der Waals surface area contributed by atoms with E-state index in [1.54, 1.807) is 11.6 Å². The van der Waals surface area contributed by atoms with E-state index in [2.05, 4.69) is 10.3 Å². The lowest BCUT2D eigenvalue weighted by molar-refractivity contribution is 0.0469. The Labute approximate surface area is 150 Å². The first-order valence-corrected chi connectivity index (χ1v) is 8.32. The Balaban J connectivity index is 1.81. The summed E-state index contributed by atoms with van der Waals surface area (Å²) < 4.78 is 12.1. The van der Waals surface area contributed by atoms with Gasteiger partial charge in [-0.2, -0.15) is 5.10 Å². The van der Waals surface area contributed by atoms with Gasteiger partial charge >= 0.3 is 5.97 Å². The van der Waals surface area contributed by atoms with Crippen LogP contribution in [0.5, 0.6) is 0 Å². The molecular weight excluding hydrogens is 342 g/mol. The lowest BCUT2D eigenvalue weighted by Crippen LogP contribution is -2.08. The third-order valence-electron chi connectivity index (χ3n) is 3.94. The van der Waals surface area contributed by atoms with Gasteiger partial charge in [-0.1, -0.05) is 41.9 Å². The van der Waals surface area contributed by atoms with Gasteiger partial charge in [-0.05, 0) is 32.4 Å². The number of aryl methyl sites for hydroxylation is 3. The highest BCUT2D eigenvalue weighted by Crippen LogP contribution is 2.25. The number of hydrogen-bond donors (Lipinski definition) is 0. The fourth-order valence-corrected chi connectivity index (χ4v) is 2.89. The number of aromatic nitrogens is 3. The zero-order valence-corrected chi connectivity index (χ0v) is 15.0. The number of esters is 1. The highest BCUT2D eigenvalue weighted by molar-refractivity contribution is 6.30. The van der Waals surface area contributed by atoms with Crippen LogP contribution in [-0.4, -0.2) is 20.9 Å². The van der Waals surface area contributed by atoms with E-state index in [0.717, 1.165) is 5.69 Å². The van der Waals surface area contributed by atoms with Gasteiger partial charge < -0.3 is 9.26 Å². The van der Waals surface area contributed by atoms with Crippen LogP contribution in [0.15, 0.2) is 34.9 Å². The maximum atomic E-state index is 12.4. The third-order valence-corrected chi connectivity index (χ3v) is 4.33. The van der Waals surface area contributed by atoms with Crippen molar-refractivity contribution in [1.29, 1.82) is 0 Å². The van der Waals surface area contributed by atoms with Gasteiger partial charge in [-0.25, -0.2) is 9.48 Å². The molecule has 0 amide bonds. The van der Waals surface area contributed by atoms with E-state index in [0.29, 0.717) is 39.8 Å². The molecule has 0 aliphatic carbocycles. The van der Waals surface area contributed by atoms with Crippen LogP contribution in [0.4, 0.5) is 0 Å². The van der Waals surface area contributed by atoms with Crippen molar-refractivity contribution in [2.45, 2.75) is 33.8 Å². The maximum absolute atomic E-state index is 12.4. The summed E-state index contributed by atoms with van der Waals surface area (Å²) in [5.41, 5.74) is 3.19. The minimum atomic E-state index is -0.474. The van der Waals surface area contributed by atoms with Crippen LogP contribution in [0.25, 0.3) is 5.69 Å². The fraction of sp³-hybridized carbons (Fsp3) is 0.278. The molecule has 0 saturated heterocycles. The van der Waals surface area contributed by atoms with Crippen LogP contribution < -0.4 is 0 Å². The van der Waals surface area contributed by atoms with Crippen molar-refractivity contribution in [3.05, 3.63) is 63.8 Å². The Bertz CT molecular complexity index is 900. The molecule has 6 nitrogen and oxygen atoms in total. The van der Waals surface area contributed by atoms with Gasteiger partial charge in [-0.3, -0.25) is 0 Å². The van der Waals surface area contributed by atoms with Crippen molar-refractivity contribution in [2.24, 2.45) is 0 Å². The van der Waals surface area contributed by atoms with Crippen LogP contribution in [0, 0.1) is 13.8 Å². The standard InChI is InChI=1S/C18H18ClN3O3/c1-4-15-16(12(3)25-21-15)18(23)24-10-14-11(2)20-22(17(14)19)13-8-6-5-7-9-13/h5-9H,4,10H2,1-3H3. The average Bonchev–Trinajstić information content (AvgIpc) is 3.13. The van der Waals surface area contributed by atoms with Gasteiger partial charge in [0.15, 0.2) is 0 Å². The van der Waals surface area contributed by atoms with Crippen molar-refractivity contribution < 1.29 is 14.1 Å². The van der Waals surface area contributed by atoms with Crippen molar-refractivity contribution >= 4 is 17.6 Å². The summed E-state index contributed by atoms with van der Waals surface area (Å²) in [7, 11) is 0. The number of hydrogen-bond acceptors (Lipinski definition) is 5. The van der Waals surface area contributed by atoms with Crippen LogP contribution >= 0.6 is 11.6 Å². The zero-order valence-electron chi connectivity index (χ0n) is 14.2. The molecule has 0 fully saturated rings. The lowest BCUT2D eigenvalue weighted by Gasteiger charge is -2.05. The number of benzene rings is 1. The van der Waals surface area contributed by atoms with E-state index in [1.165, 1.54) is 0 Å². The molecule has 2 heterocycles. The first-order valence-electron chi connectivity index (χ1n) is 7.94. The highest BCUT2D eigenvalue weighted by atomic mass is 35.5. The van der Waals surface area contributed by atoms with E-state index in [9.17, 15) is 4.79 Å². The summed E-state index contributed by atoms with van der Waals surface area (Å²) in [6.07, 6.45) is 0.591. The molecule has 7 heteroatoms. The number of rotatable bonds is 5. The first kappa shape index (κ1) is 17.2. The SMILES string of the molecule is CCc1noc(C)c1C(=O)OCc1c(C)nn(-c2ccccc2)c1Cl. The second kappa shape index (κ2) is 7.11. The van der Waals surface area contributed by atoms with Gasteiger partial charge in [0.25, 0.3) is 0 Å². The number of halogens is 1. The Morgan fingerprint density at radius 3 is 2.68 bits per heavy atom. The van der Waals surface area contributed by atoms with E-state index in [-0.39, 0.29) is 6.61 Å². The number of nitrogens with zero attached hydrogens (tertiary/aromatic N) is 3. The van der Waals surface area contributed by atoms with Crippen molar-refractivity contribution in [3.63, 3.8) is 0 Å². The summed E-state index contributed by atoms with van der Waals surface area (Å²) in [6.45, 7) is 5.45. The van der Waals surface area contributed by atoms with Gasteiger partial charge in [0, 0.05) is 5.56 Å². The Morgan fingerprint density at radius 1 is 1.28 bits per heavy atom. The second-order valence-corrected chi connectivity index (χ2v) is 5.95. The molecule has 0 bridgehead atoms. The number of para-hydroxylation sites is 1. The minimum absolute atomic E-state index is 0.0319. The van der Waals surface area contributed by atoms with Gasteiger partial charge in [0.1, 0.15) is 23.1 Å².